The van der Waals surface area contributed by atoms with Crippen molar-refractivity contribution in [2.75, 3.05) is 0 Å². The zero-order chi connectivity index (χ0) is 13.5. The molecule has 2 nitrogen and oxygen atoms in total. The summed E-state index contributed by atoms with van der Waals surface area (Å²) < 4.78 is 5.54. The lowest BCUT2D eigenvalue weighted by Gasteiger charge is -2.28. The van der Waals surface area contributed by atoms with Gasteiger partial charge in [0, 0.05) is 6.42 Å². The summed E-state index contributed by atoms with van der Waals surface area (Å²) >= 11 is 0. The fourth-order valence-electron chi connectivity index (χ4n) is 2.81. The molecule has 1 aliphatic rings. The molecule has 0 radical (unpaired) electrons. The van der Waals surface area contributed by atoms with Crippen molar-refractivity contribution in [1.82, 2.24) is 0 Å². The van der Waals surface area contributed by atoms with E-state index in [-0.39, 0.29) is 12.1 Å². The molecule has 0 heterocycles. The van der Waals surface area contributed by atoms with Crippen molar-refractivity contribution in [3.63, 3.8) is 0 Å². The largest absolute Gasteiger partial charge is 0.462 e. The topological polar surface area (TPSA) is 26.3 Å². The third-order valence-corrected chi connectivity index (χ3v) is 3.98. The van der Waals surface area contributed by atoms with E-state index in [1.165, 1.54) is 5.56 Å². The first-order valence-corrected chi connectivity index (χ1v) is 7.54. The van der Waals surface area contributed by atoms with Gasteiger partial charge in [0.2, 0.25) is 0 Å². The van der Waals surface area contributed by atoms with Gasteiger partial charge in [0.25, 0.3) is 0 Å². The number of carbonyl (C=O) groups excluding carboxylic acids is 1. The van der Waals surface area contributed by atoms with Gasteiger partial charge >= 0.3 is 5.97 Å². The lowest BCUT2D eigenvalue weighted by molar-refractivity contribution is -0.150. The summed E-state index contributed by atoms with van der Waals surface area (Å²) in [7, 11) is 0. The summed E-state index contributed by atoms with van der Waals surface area (Å²) in [5.41, 5.74) is 1.43. The lowest BCUT2D eigenvalue weighted by atomic mass is 9.83. The number of esters is 1. The van der Waals surface area contributed by atoms with Gasteiger partial charge in [-0.25, -0.2) is 0 Å². The lowest BCUT2D eigenvalue weighted by Crippen LogP contribution is -2.23. The molecule has 2 heteroatoms. The molecule has 0 saturated heterocycles. The summed E-state index contributed by atoms with van der Waals surface area (Å²) in [5.74, 6) is 0.636. The molecule has 0 N–H and O–H groups in total. The Morgan fingerprint density at radius 1 is 1.16 bits per heavy atom. The Kier molecular flexibility index (Phi) is 5.44. The van der Waals surface area contributed by atoms with Crippen molar-refractivity contribution in [3.8, 4) is 0 Å². The molecule has 0 spiro atoms. The van der Waals surface area contributed by atoms with E-state index in [0.29, 0.717) is 12.3 Å². The molecule has 0 bridgehead atoms. The average molecular weight is 260 g/mol. The van der Waals surface area contributed by atoms with Crippen molar-refractivity contribution in [2.45, 2.75) is 63.9 Å². The third-order valence-electron chi connectivity index (χ3n) is 3.98. The summed E-state index contributed by atoms with van der Waals surface area (Å²) in [6.07, 6.45) is 7.02. The minimum Gasteiger partial charge on any atom is -0.462 e. The second-order valence-electron chi connectivity index (χ2n) is 5.48. The first kappa shape index (κ1) is 14.1. The van der Waals surface area contributed by atoms with Crippen LogP contribution in [0.4, 0.5) is 0 Å². The first-order chi connectivity index (χ1) is 9.29. The number of hydrogen-bond donors (Lipinski definition) is 0. The van der Waals surface area contributed by atoms with Crippen LogP contribution in [0.1, 0.15) is 63.4 Å². The van der Waals surface area contributed by atoms with Gasteiger partial charge in [0.15, 0.2) is 0 Å². The van der Waals surface area contributed by atoms with Gasteiger partial charge in [-0.05, 0) is 43.6 Å². The number of benzene rings is 1. The van der Waals surface area contributed by atoms with E-state index in [2.05, 4.69) is 37.3 Å². The zero-order valence-corrected chi connectivity index (χ0v) is 11.8. The van der Waals surface area contributed by atoms with E-state index in [0.717, 1.165) is 38.5 Å². The highest BCUT2D eigenvalue weighted by Crippen LogP contribution is 2.33. The maximum Gasteiger partial charge on any atom is 0.306 e. The van der Waals surface area contributed by atoms with Gasteiger partial charge in [-0.1, -0.05) is 43.7 Å². The predicted molar refractivity (Wildman–Crippen MR) is 77.1 cm³/mol. The number of ether oxygens (including phenoxy) is 1. The van der Waals surface area contributed by atoms with Crippen LogP contribution in [0.5, 0.6) is 0 Å². The van der Waals surface area contributed by atoms with Gasteiger partial charge in [0.05, 0.1) is 0 Å². The SMILES string of the molecule is CCCCC(=O)OC1CCC(c2ccccc2)CC1. The Bertz CT molecular complexity index is 378. The van der Waals surface area contributed by atoms with Crippen molar-refractivity contribution < 1.29 is 9.53 Å². The minimum atomic E-state index is -0.00925. The Labute approximate surface area is 116 Å². The van der Waals surface area contributed by atoms with Gasteiger partial charge in [-0.2, -0.15) is 0 Å². The van der Waals surface area contributed by atoms with E-state index in [4.69, 9.17) is 4.74 Å². The van der Waals surface area contributed by atoms with Crippen molar-refractivity contribution in [3.05, 3.63) is 35.9 Å². The molecule has 0 unspecified atom stereocenters. The summed E-state index contributed by atoms with van der Waals surface area (Å²) in [6, 6.07) is 10.7. The molecule has 1 fully saturated rings. The van der Waals surface area contributed by atoms with Crippen LogP contribution in [0.3, 0.4) is 0 Å². The van der Waals surface area contributed by atoms with Crippen LogP contribution in [0, 0.1) is 0 Å². The van der Waals surface area contributed by atoms with Crippen molar-refractivity contribution >= 4 is 5.97 Å². The number of rotatable bonds is 5. The average Bonchev–Trinajstić information content (AvgIpc) is 2.47. The molecule has 1 aromatic rings. The standard InChI is InChI=1S/C17H24O2/c1-2-3-9-17(18)19-16-12-10-15(11-13-16)14-7-5-4-6-8-14/h4-8,15-16H,2-3,9-13H2,1H3. The predicted octanol–water partition coefficient (Wildman–Crippen LogP) is 4.45. The highest BCUT2D eigenvalue weighted by Gasteiger charge is 2.24. The molecule has 1 aliphatic carbocycles. The van der Waals surface area contributed by atoms with Crippen LogP contribution in [0.15, 0.2) is 30.3 Å². The van der Waals surface area contributed by atoms with Gasteiger partial charge < -0.3 is 4.74 Å². The molecular weight excluding hydrogens is 236 g/mol. The van der Waals surface area contributed by atoms with Crippen LogP contribution in [-0.4, -0.2) is 12.1 Å². The Hall–Kier alpha value is -1.31. The normalized spacial score (nSPS) is 23.0. The second kappa shape index (κ2) is 7.32. The third kappa shape index (κ3) is 4.38. The number of unbranched alkanes of at least 4 members (excludes halogenated alkanes) is 1. The fraction of sp³-hybridized carbons (Fsp3) is 0.588. The van der Waals surface area contributed by atoms with E-state index >= 15 is 0 Å². The van der Waals surface area contributed by atoms with Crippen molar-refractivity contribution in [1.29, 1.82) is 0 Å². The fourth-order valence-corrected chi connectivity index (χ4v) is 2.81. The molecule has 0 amide bonds. The highest BCUT2D eigenvalue weighted by atomic mass is 16.5. The maximum atomic E-state index is 11.6. The zero-order valence-electron chi connectivity index (χ0n) is 11.8. The minimum absolute atomic E-state index is 0.00925. The quantitative estimate of drug-likeness (QED) is 0.731. The highest BCUT2D eigenvalue weighted by molar-refractivity contribution is 5.69. The molecule has 104 valence electrons. The van der Waals surface area contributed by atoms with Crippen LogP contribution in [0.2, 0.25) is 0 Å². The monoisotopic (exact) mass is 260 g/mol. The molecular formula is C17H24O2. The van der Waals surface area contributed by atoms with Crippen LogP contribution in [-0.2, 0) is 9.53 Å². The Morgan fingerprint density at radius 2 is 1.84 bits per heavy atom. The van der Waals surface area contributed by atoms with Gasteiger partial charge in [0.1, 0.15) is 6.10 Å². The Balaban J connectivity index is 1.75. The van der Waals surface area contributed by atoms with Crippen LogP contribution >= 0.6 is 0 Å². The van der Waals surface area contributed by atoms with Crippen molar-refractivity contribution in [2.24, 2.45) is 0 Å². The second-order valence-corrected chi connectivity index (χ2v) is 5.48. The molecule has 0 aromatic heterocycles. The van der Waals surface area contributed by atoms with Crippen LogP contribution < -0.4 is 0 Å². The molecule has 0 aliphatic heterocycles. The molecule has 1 saturated carbocycles. The van der Waals surface area contributed by atoms with Crippen LogP contribution in [0.25, 0.3) is 0 Å². The van der Waals surface area contributed by atoms with E-state index in [1.807, 2.05) is 0 Å². The van der Waals surface area contributed by atoms with E-state index < -0.39 is 0 Å². The molecule has 2 rings (SSSR count). The molecule has 1 aromatic carbocycles. The number of carbonyl (C=O) groups is 1. The molecule has 19 heavy (non-hydrogen) atoms. The summed E-state index contributed by atoms with van der Waals surface area (Å²) in [5, 5.41) is 0. The maximum absolute atomic E-state index is 11.6. The summed E-state index contributed by atoms with van der Waals surface area (Å²) in [6.45, 7) is 2.10. The first-order valence-electron chi connectivity index (χ1n) is 7.54. The Morgan fingerprint density at radius 3 is 2.47 bits per heavy atom. The van der Waals surface area contributed by atoms with Gasteiger partial charge in [-0.15, -0.1) is 0 Å². The van der Waals surface area contributed by atoms with E-state index in [1.54, 1.807) is 0 Å². The summed E-state index contributed by atoms with van der Waals surface area (Å²) in [4.78, 5) is 11.6. The smallest absolute Gasteiger partial charge is 0.306 e. The molecule has 0 atom stereocenters. The van der Waals surface area contributed by atoms with Gasteiger partial charge in [-0.3, -0.25) is 4.79 Å². The van der Waals surface area contributed by atoms with E-state index in [9.17, 15) is 4.79 Å². The number of hydrogen-bond acceptors (Lipinski definition) is 2.